The minimum absolute atomic E-state index is 0.111. The molecular formula is C41H28N4. The molecule has 0 fully saturated rings. The molecule has 0 amide bonds. The van der Waals surface area contributed by atoms with E-state index in [1.165, 1.54) is 60.2 Å². The van der Waals surface area contributed by atoms with Crippen LogP contribution in [0.3, 0.4) is 0 Å². The van der Waals surface area contributed by atoms with E-state index in [2.05, 4.69) is 166 Å². The Morgan fingerprint density at radius 1 is 0.511 bits per heavy atom. The zero-order chi connectivity index (χ0) is 29.5. The summed E-state index contributed by atoms with van der Waals surface area (Å²) in [7, 11) is 0. The van der Waals surface area contributed by atoms with Crippen molar-refractivity contribution in [3.05, 3.63) is 152 Å². The molecule has 4 heteroatoms. The number of pyridine rings is 1. The van der Waals surface area contributed by atoms with Gasteiger partial charge in [-0.05, 0) is 55.0 Å². The maximum absolute atomic E-state index is 5.15. The van der Waals surface area contributed by atoms with Crippen LogP contribution in [0, 0.1) is 0 Å². The van der Waals surface area contributed by atoms with Gasteiger partial charge in [0, 0.05) is 50.0 Å². The first-order valence-electron chi connectivity index (χ1n) is 15.6. The maximum Gasteiger partial charge on any atom is 0.0985 e. The average Bonchev–Trinajstić information content (AvgIpc) is 3.75. The highest BCUT2D eigenvalue weighted by molar-refractivity contribution is 6.21. The highest BCUT2D eigenvalue weighted by Crippen LogP contribution is 2.43. The van der Waals surface area contributed by atoms with E-state index < -0.39 is 0 Å². The highest BCUT2D eigenvalue weighted by atomic mass is 15.1. The molecule has 212 valence electrons. The average molecular weight is 577 g/mol. The second-order valence-electron chi connectivity index (χ2n) is 12.0. The summed E-state index contributed by atoms with van der Waals surface area (Å²) in [6.07, 6.45) is 10.1. The van der Waals surface area contributed by atoms with Gasteiger partial charge in [-0.25, -0.2) is 0 Å². The van der Waals surface area contributed by atoms with Crippen molar-refractivity contribution in [2.24, 2.45) is 0 Å². The molecule has 1 aliphatic rings. The van der Waals surface area contributed by atoms with Crippen molar-refractivity contribution >= 4 is 71.2 Å². The van der Waals surface area contributed by atoms with Crippen LogP contribution in [0.1, 0.15) is 12.5 Å². The summed E-state index contributed by atoms with van der Waals surface area (Å²) >= 11 is 0. The van der Waals surface area contributed by atoms with E-state index in [0.717, 1.165) is 23.1 Å². The molecule has 1 atom stereocenters. The smallest absolute Gasteiger partial charge is 0.0985 e. The van der Waals surface area contributed by atoms with E-state index in [9.17, 15) is 0 Å². The number of benzene rings is 5. The van der Waals surface area contributed by atoms with Gasteiger partial charge in [0.15, 0.2) is 0 Å². The topological polar surface area (TPSA) is 27.7 Å². The molecule has 9 aromatic rings. The molecule has 0 radical (unpaired) electrons. The first-order valence-corrected chi connectivity index (χ1v) is 15.6. The standard InChI is InChI=1S/C41H28N4/c1-2-13-27(14-3-1)44-38-24-11-7-20-33(38)39-41(44)40-34(26-42-39)32-19-6-10-23-37(32)45(40)29-16-12-15-28(25-29)43-35-21-8-4-17-30(35)31-18-5-9-22-36(31)43/h1-15,17-26,29H,16H2. The molecule has 0 saturated heterocycles. The summed E-state index contributed by atoms with van der Waals surface area (Å²) in [5, 5.41) is 6.13. The van der Waals surface area contributed by atoms with Crippen LogP contribution in [0.15, 0.2) is 152 Å². The first kappa shape index (κ1) is 24.6. The largest absolute Gasteiger partial charge is 0.331 e. The van der Waals surface area contributed by atoms with Gasteiger partial charge in [-0.1, -0.05) is 97.1 Å². The lowest BCUT2D eigenvalue weighted by Gasteiger charge is -2.23. The van der Waals surface area contributed by atoms with E-state index in [4.69, 9.17) is 4.98 Å². The van der Waals surface area contributed by atoms with Gasteiger partial charge < -0.3 is 13.7 Å². The normalized spacial score (nSPS) is 15.3. The molecular weight excluding hydrogens is 548 g/mol. The Kier molecular flexibility index (Phi) is 5.08. The van der Waals surface area contributed by atoms with Crippen LogP contribution < -0.4 is 0 Å². The van der Waals surface area contributed by atoms with Gasteiger partial charge in [-0.3, -0.25) is 4.98 Å². The Morgan fingerprint density at radius 2 is 1.07 bits per heavy atom. The lowest BCUT2D eigenvalue weighted by molar-refractivity contribution is 0.648. The van der Waals surface area contributed by atoms with Gasteiger partial charge in [0.2, 0.25) is 0 Å². The van der Waals surface area contributed by atoms with E-state index in [0.29, 0.717) is 0 Å². The number of para-hydroxylation sites is 5. The predicted octanol–water partition coefficient (Wildman–Crippen LogP) is 10.4. The summed E-state index contributed by atoms with van der Waals surface area (Å²) in [4.78, 5) is 5.15. The minimum atomic E-state index is 0.111. The van der Waals surface area contributed by atoms with Crippen LogP contribution in [0.4, 0.5) is 0 Å². The fraction of sp³-hybridized carbons (Fsp3) is 0.0488. The van der Waals surface area contributed by atoms with Crippen molar-refractivity contribution in [1.29, 1.82) is 0 Å². The zero-order valence-electron chi connectivity index (χ0n) is 24.5. The molecule has 0 aliphatic heterocycles. The summed E-state index contributed by atoms with van der Waals surface area (Å²) in [6, 6.07) is 45.8. The maximum atomic E-state index is 5.15. The number of aromatic nitrogens is 4. The molecule has 10 rings (SSSR count). The third kappa shape index (κ3) is 3.39. The number of nitrogens with zero attached hydrogens (tertiary/aromatic N) is 4. The lowest BCUT2D eigenvalue weighted by atomic mass is 10.1. The van der Waals surface area contributed by atoms with Gasteiger partial charge in [0.25, 0.3) is 0 Å². The number of hydrogen-bond acceptors (Lipinski definition) is 1. The number of fused-ring (bicyclic) bond motifs is 10. The minimum Gasteiger partial charge on any atom is -0.331 e. The molecule has 0 bridgehead atoms. The van der Waals surface area contributed by atoms with E-state index >= 15 is 0 Å². The summed E-state index contributed by atoms with van der Waals surface area (Å²) in [6.45, 7) is 0. The van der Waals surface area contributed by atoms with Gasteiger partial charge in [0.05, 0.1) is 39.1 Å². The van der Waals surface area contributed by atoms with Crippen LogP contribution in [-0.4, -0.2) is 18.7 Å². The monoisotopic (exact) mass is 576 g/mol. The molecule has 5 aromatic carbocycles. The van der Waals surface area contributed by atoms with Crippen molar-refractivity contribution < 1.29 is 0 Å². The molecule has 45 heavy (non-hydrogen) atoms. The molecule has 4 aromatic heterocycles. The first-order chi connectivity index (χ1) is 22.4. The second-order valence-corrected chi connectivity index (χ2v) is 12.0. The lowest BCUT2D eigenvalue weighted by Crippen LogP contribution is -2.11. The quantitative estimate of drug-likeness (QED) is 0.206. The van der Waals surface area contributed by atoms with Gasteiger partial charge >= 0.3 is 0 Å². The highest BCUT2D eigenvalue weighted by Gasteiger charge is 2.25. The van der Waals surface area contributed by atoms with Crippen molar-refractivity contribution in [3.63, 3.8) is 0 Å². The van der Waals surface area contributed by atoms with Gasteiger partial charge in [0.1, 0.15) is 0 Å². The Bertz CT molecular complexity index is 2630. The fourth-order valence-electron chi connectivity index (χ4n) is 7.73. The molecule has 4 heterocycles. The van der Waals surface area contributed by atoms with Crippen LogP contribution >= 0.6 is 0 Å². The van der Waals surface area contributed by atoms with Crippen LogP contribution in [-0.2, 0) is 0 Å². The number of allylic oxidation sites excluding steroid dienone is 4. The fourth-order valence-corrected chi connectivity index (χ4v) is 7.73. The molecule has 1 unspecified atom stereocenters. The Morgan fingerprint density at radius 3 is 1.76 bits per heavy atom. The van der Waals surface area contributed by atoms with Crippen LogP contribution in [0.2, 0.25) is 0 Å². The van der Waals surface area contributed by atoms with Gasteiger partial charge in [-0.15, -0.1) is 0 Å². The van der Waals surface area contributed by atoms with Crippen LogP contribution in [0.5, 0.6) is 0 Å². The molecule has 1 aliphatic carbocycles. The molecule has 0 spiro atoms. The van der Waals surface area contributed by atoms with Crippen molar-refractivity contribution in [2.45, 2.75) is 12.5 Å². The molecule has 0 saturated carbocycles. The van der Waals surface area contributed by atoms with E-state index in [-0.39, 0.29) is 6.04 Å². The SMILES string of the molecule is C1=CC(n2c3ccccc3c3ccccc32)=CC(n2c3ccccc3c3cnc4c5ccccc5n(-c5ccccc5)c4c32)C1. The third-order valence-electron chi connectivity index (χ3n) is 9.56. The Labute approximate surface area is 259 Å². The second kappa shape index (κ2) is 9.31. The number of hydrogen-bond donors (Lipinski definition) is 0. The van der Waals surface area contributed by atoms with Crippen LogP contribution in [0.25, 0.3) is 76.9 Å². The van der Waals surface area contributed by atoms with Crippen molar-refractivity contribution in [2.75, 3.05) is 0 Å². The summed E-state index contributed by atoms with van der Waals surface area (Å²) in [5.74, 6) is 0. The van der Waals surface area contributed by atoms with E-state index in [1.54, 1.807) is 0 Å². The summed E-state index contributed by atoms with van der Waals surface area (Å²) in [5.41, 5.74) is 10.6. The third-order valence-corrected chi connectivity index (χ3v) is 9.56. The van der Waals surface area contributed by atoms with Gasteiger partial charge in [-0.2, -0.15) is 0 Å². The van der Waals surface area contributed by atoms with Crippen molar-refractivity contribution in [3.8, 4) is 5.69 Å². The Hall–Kier alpha value is -5.87. The van der Waals surface area contributed by atoms with E-state index in [1.807, 2.05) is 0 Å². The number of rotatable bonds is 3. The Balaban J connectivity index is 1.32. The van der Waals surface area contributed by atoms with Crippen molar-refractivity contribution in [1.82, 2.24) is 18.7 Å². The molecule has 4 nitrogen and oxygen atoms in total. The zero-order valence-corrected chi connectivity index (χ0v) is 24.5. The summed E-state index contributed by atoms with van der Waals surface area (Å²) < 4.78 is 7.41. The molecule has 0 N–H and O–H groups in total. The predicted molar refractivity (Wildman–Crippen MR) is 188 cm³/mol.